The van der Waals surface area contributed by atoms with E-state index in [4.69, 9.17) is 4.74 Å². The van der Waals surface area contributed by atoms with E-state index in [1.54, 1.807) is 27.1 Å². The van der Waals surface area contributed by atoms with Gasteiger partial charge in [-0.3, -0.25) is 14.6 Å². The molecule has 0 spiro atoms. The van der Waals surface area contributed by atoms with E-state index in [-0.39, 0.29) is 23.9 Å². The number of aromatic nitrogens is 1. The van der Waals surface area contributed by atoms with Gasteiger partial charge >= 0.3 is 0 Å². The third kappa shape index (κ3) is 3.44. The molecular formula is C15H18N2O3. The third-order valence-electron chi connectivity index (χ3n) is 2.96. The van der Waals surface area contributed by atoms with Crippen LogP contribution in [0.4, 0.5) is 0 Å². The molecular weight excluding hydrogens is 256 g/mol. The molecule has 2 rings (SSSR count). The Balaban J connectivity index is 2.09. The maximum Gasteiger partial charge on any atom is 0.289 e. The Bertz CT molecular complexity index is 549. The molecule has 0 atom stereocenters. The highest BCUT2D eigenvalue weighted by molar-refractivity contribution is 6.01. The van der Waals surface area contributed by atoms with E-state index in [1.807, 2.05) is 18.2 Å². The molecule has 0 bridgehead atoms. The summed E-state index contributed by atoms with van der Waals surface area (Å²) < 4.78 is 5.59. The second kappa shape index (κ2) is 5.45. The average molecular weight is 274 g/mol. The fraction of sp³-hybridized carbons (Fsp3) is 0.400. The monoisotopic (exact) mass is 274 g/mol. The van der Waals surface area contributed by atoms with Gasteiger partial charge in [-0.05, 0) is 26.0 Å². The lowest BCUT2D eigenvalue weighted by molar-refractivity contribution is -0.137. The third-order valence-corrected chi connectivity index (χ3v) is 2.96. The number of nitrogens with zero attached hydrogens (tertiary/aromatic N) is 2. The first-order valence-corrected chi connectivity index (χ1v) is 6.46. The van der Waals surface area contributed by atoms with Crippen LogP contribution in [0.1, 0.15) is 26.0 Å². The predicted molar refractivity (Wildman–Crippen MR) is 73.6 cm³/mol. The van der Waals surface area contributed by atoms with Crippen molar-refractivity contribution >= 4 is 11.7 Å². The standard InChI is InChI=1S/C15H18N2O3/c1-15(2)9-12(18)8-13(20-15)14(19)17(3)10-11-6-4-5-7-16-11/h4-8H,9-10H2,1-3H3. The summed E-state index contributed by atoms with van der Waals surface area (Å²) in [6, 6.07) is 5.53. The zero-order valence-electron chi connectivity index (χ0n) is 11.9. The van der Waals surface area contributed by atoms with Gasteiger partial charge in [-0.1, -0.05) is 6.07 Å². The molecule has 0 aromatic carbocycles. The minimum Gasteiger partial charge on any atom is -0.481 e. The molecule has 1 aliphatic rings. The van der Waals surface area contributed by atoms with Gasteiger partial charge in [-0.25, -0.2) is 0 Å². The summed E-state index contributed by atoms with van der Waals surface area (Å²) in [5.74, 6) is -0.294. The van der Waals surface area contributed by atoms with Crippen LogP contribution in [-0.4, -0.2) is 34.2 Å². The molecule has 1 aromatic rings. The molecule has 20 heavy (non-hydrogen) atoms. The summed E-state index contributed by atoms with van der Waals surface area (Å²) in [6.45, 7) is 3.96. The normalized spacial score (nSPS) is 17.1. The lowest BCUT2D eigenvalue weighted by Gasteiger charge is -2.31. The molecule has 0 radical (unpaired) electrons. The highest BCUT2D eigenvalue weighted by atomic mass is 16.5. The van der Waals surface area contributed by atoms with Crippen molar-refractivity contribution in [3.05, 3.63) is 41.9 Å². The van der Waals surface area contributed by atoms with E-state index in [2.05, 4.69) is 4.98 Å². The van der Waals surface area contributed by atoms with Crippen molar-refractivity contribution in [1.29, 1.82) is 0 Å². The number of hydrogen-bond acceptors (Lipinski definition) is 4. The van der Waals surface area contributed by atoms with E-state index in [0.29, 0.717) is 6.54 Å². The van der Waals surface area contributed by atoms with Crippen LogP contribution in [0.15, 0.2) is 36.2 Å². The van der Waals surface area contributed by atoms with Gasteiger partial charge in [-0.2, -0.15) is 0 Å². The van der Waals surface area contributed by atoms with Crippen molar-refractivity contribution in [1.82, 2.24) is 9.88 Å². The molecule has 0 unspecified atom stereocenters. The average Bonchev–Trinajstić information content (AvgIpc) is 2.36. The van der Waals surface area contributed by atoms with Crippen LogP contribution in [0.25, 0.3) is 0 Å². The zero-order chi connectivity index (χ0) is 14.8. The van der Waals surface area contributed by atoms with Crippen molar-refractivity contribution in [2.24, 2.45) is 0 Å². The maximum absolute atomic E-state index is 12.3. The van der Waals surface area contributed by atoms with Crippen LogP contribution >= 0.6 is 0 Å². The fourth-order valence-electron chi connectivity index (χ4n) is 2.08. The van der Waals surface area contributed by atoms with Gasteiger partial charge in [0.05, 0.1) is 12.2 Å². The summed E-state index contributed by atoms with van der Waals surface area (Å²) >= 11 is 0. The molecule has 0 saturated heterocycles. The first-order valence-electron chi connectivity index (χ1n) is 6.46. The first kappa shape index (κ1) is 14.2. The van der Waals surface area contributed by atoms with Gasteiger partial charge in [0, 0.05) is 25.7 Å². The van der Waals surface area contributed by atoms with Gasteiger partial charge in [-0.15, -0.1) is 0 Å². The van der Waals surface area contributed by atoms with E-state index >= 15 is 0 Å². The number of pyridine rings is 1. The zero-order valence-corrected chi connectivity index (χ0v) is 11.9. The first-order chi connectivity index (χ1) is 9.37. The Morgan fingerprint density at radius 3 is 2.80 bits per heavy atom. The quantitative estimate of drug-likeness (QED) is 0.841. The van der Waals surface area contributed by atoms with Gasteiger partial charge in [0.2, 0.25) is 0 Å². The van der Waals surface area contributed by atoms with E-state index in [0.717, 1.165) is 5.69 Å². The fourth-order valence-corrected chi connectivity index (χ4v) is 2.08. The van der Waals surface area contributed by atoms with Crippen molar-refractivity contribution in [2.45, 2.75) is 32.4 Å². The van der Waals surface area contributed by atoms with Crippen LogP contribution < -0.4 is 0 Å². The van der Waals surface area contributed by atoms with Crippen molar-refractivity contribution in [2.75, 3.05) is 7.05 Å². The van der Waals surface area contributed by atoms with Crippen molar-refractivity contribution in [3.8, 4) is 0 Å². The number of amides is 1. The summed E-state index contributed by atoms with van der Waals surface area (Å²) in [6.07, 6.45) is 3.24. The topological polar surface area (TPSA) is 59.5 Å². The summed E-state index contributed by atoms with van der Waals surface area (Å²) in [5.41, 5.74) is 0.146. The molecule has 1 amide bonds. The van der Waals surface area contributed by atoms with Gasteiger partial charge in [0.1, 0.15) is 5.60 Å². The minimum atomic E-state index is -0.636. The Morgan fingerprint density at radius 2 is 2.20 bits per heavy atom. The number of ether oxygens (including phenoxy) is 1. The SMILES string of the molecule is CN(Cc1ccccn1)C(=O)C1=CC(=O)CC(C)(C)O1. The number of allylic oxidation sites excluding steroid dienone is 1. The highest BCUT2D eigenvalue weighted by Crippen LogP contribution is 2.25. The Hall–Kier alpha value is -2.17. The number of carbonyl (C=O) groups is 2. The molecule has 5 heteroatoms. The Kier molecular flexibility index (Phi) is 3.88. The Labute approximate surface area is 118 Å². The number of rotatable bonds is 3. The number of carbonyl (C=O) groups excluding carboxylic acids is 2. The van der Waals surface area contributed by atoms with Crippen LogP contribution in [0, 0.1) is 0 Å². The second-order valence-corrected chi connectivity index (χ2v) is 5.50. The van der Waals surface area contributed by atoms with Gasteiger partial charge < -0.3 is 9.64 Å². The molecule has 2 heterocycles. The number of likely N-dealkylation sites (N-methyl/N-ethyl adjacent to an activating group) is 1. The van der Waals surface area contributed by atoms with E-state index < -0.39 is 5.60 Å². The molecule has 5 nitrogen and oxygen atoms in total. The van der Waals surface area contributed by atoms with E-state index in [1.165, 1.54) is 11.0 Å². The molecule has 1 aromatic heterocycles. The predicted octanol–water partition coefficient (Wildman–Crippen LogP) is 1.69. The smallest absolute Gasteiger partial charge is 0.289 e. The minimum absolute atomic E-state index is 0.0872. The van der Waals surface area contributed by atoms with Gasteiger partial charge in [0.25, 0.3) is 5.91 Å². The summed E-state index contributed by atoms with van der Waals surface area (Å²) in [5, 5.41) is 0. The number of ketones is 1. The molecule has 0 saturated carbocycles. The lowest BCUT2D eigenvalue weighted by atomic mass is 9.98. The molecule has 1 aliphatic heterocycles. The van der Waals surface area contributed by atoms with Gasteiger partial charge in [0.15, 0.2) is 11.5 Å². The molecule has 0 fully saturated rings. The molecule has 0 N–H and O–H groups in total. The van der Waals surface area contributed by atoms with Crippen LogP contribution in [0.3, 0.4) is 0 Å². The highest BCUT2D eigenvalue weighted by Gasteiger charge is 2.32. The number of hydrogen-bond donors (Lipinski definition) is 0. The van der Waals surface area contributed by atoms with Crippen molar-refractivity contribution < 1.29 is 14.3 Å². The Morgan fingerprint density at radius 1 is 1.45 bits per heavy atom. The molecule has 106 valence electrons. The largest absolute Gasteiger partial charge is 0.481 e. The lowest BCUT2D eigenvalue weighted by Crippen LogP contribution is -2.37. The van der Waals surface area contributed by atoms with Crippen molar-refractivity contribution in [3.63, 3.8) is 0 Å². The van der Waals surface area contributed by atoms with Crippen LogP contribution in [0.2, 0.25) is 0 Å². The summed E-state index contributed by atoms with van der Waals surface area (Å²) in [7, 11) is 1.66. The maximum atomic E-state index is 12.3. The van der Waals surface area contributed by atoms with Crippen LogP contribution in [0.5, 0.6) is 0 Å². The second-order valence-electron chi connectivity index (χ2n) is 5.50. The summed E-state index contributed by atoms with van der Waals surface area (Å²) in [4.78, 5) is 29.6. The van der Waals surface area contributed by atoms with E-state index in [9.17, 15) is 9.59 Å². The van der Waals surface area contributed by atoms with Crippen LogP contribution in [-0.2, 0) is 20.9 Å². The molecule has 0 aliphatic carbocycles.